The Kier molecular flexibility index (Phi) is 4.96. The highest BCUT2D eigenvalue weighted by molar-refractivity contribution is 7.17. The van der Waals surface area contributed by atoms with Gasteiger partial charge in [-0.2, -0.15) is 9.61 Å². The van der Waals surface area contributed by atoms with E-state index in [9.17, 15) is 0 Å². The Morgan fingerprint density at radius 2 is 1.65 bits per heavy atom. The number of methoxy groups -OCH3 is 1. The van der Waals surface area contributed by atoms with E-state index in [1.807, 2.05) is 61.5 Å². The van der Waals surface area contributed by atoms with Crippen molar-refractivity contribution >= 4 is 38.9 Å². The Morgan fingerprint density at radius 1 is 0.912 bits per heavy atom. The molecule has 6 nitrogen and oxygen atoms in total. The van der Waals surface area contributed by atoms with E-state index in [-0.39, 0.29) is 0 Å². The predicted molar refractivity (Wildman–Crippen MR) is 135 cm³/mol. The molecule has 0 saturated carbocycles. The van der Waals surface area contributed by atoms with Gasteiger partial charge in [-0.1, -0.05) is 72.0 Å². The standard InChI is InChI=1S/C27H20N4O2S/c1-17-21-10-6-7-11-23(21)33-25(17)26-28-29-27-31(26)30-24(34-27)16-22(18-8-4-3-5-9-18)19-12-14-20(32-2)15-13-19/h3-16H,1-2H3/b22-16+. The molecule has 0 bridgehead atoms. The highest BCUT2D eigenvalue weighted by Crippen LogP contribution is 2.34. The highest BCUT2D eigenvalue weighted by atomic mass is 32.1. The molecule has 166 valence electrons. The zero-order valence-corrected chi connectivity index (χ0v) is 19.4. The zero-order chi connectivity index (χ0) is 23.1. The third kappa shape index (κ3) is 3.47. The van der Waals surface area contributed by atoms with Gasteiger partial charge in [0.2, 0.25) is 10.8 Å². The van der Waals surface area contributed by atoms with Crippen LogP contribution in [0.25, 0.3) is 39.2 Å². The van der Waals surface area contributed by atoms with Gasteiger partial charge in [-0.3, -0.25) is 0 Å². The topological polar surface area (TPSA) is 65.5 Å². The maximum Gasteiger partial charge on any atom is 0.235 e. The lowest BCUT2D eigenvalue weighted by Crippen LogP contribution is -1.92. The van der Waals surface area contributed by atoms with Crippen molar-refractivity contribution in [3.05, 3.63) is 101 Å². The summed E-state index contributed by atoms with van der Waals surface area (Å²) in [7, 11) is 1.67. The Bertz CT molecular complexity index is 1640. The molecule has 0 radical (unpaired) electrons. The van der Waals surface area contributed by atoms with Crippen molar-refractivity contribution in [1.29, 1.82) is 0 Å². The van der Waals surface area contributed by atoms with Crippen molar-refractivity contribution in [1.82, 2.24) is 19.8 Å². The molecular formula is C27H20N4O2S. The summed E-state index contributed by atoms with van der Waals surface area (Å²) in [5, 5.41) is 15.5. The Balaban J connectivity index is 1.47. The molecule has 6 aromatic rings. The van der Waals surface area contributed by atoms with Crippen molar-refractivity contribution in [2.75, 3.05) is 7.11 Å². The van der Waals surface area contributed by atoms with Crippen LogP contribution in [0.1, 0.15) is 21.7 Å². The van der Waals surface area contributed by atoms with Gasteiger partial charge < -0.3 is 9.15 Å². The van der Waals surface area contributed by atoms with Crippen LogP contribution >= 0.6 is 11.3 Å². The third-order valence-electron chi connectivity index (χ3n) is 5.81. The molecule has 34 heavy (non-hydrogen) atoms. The van der Waals surface area contributed by atoms with Crippen LogP contribution in [0.4, 0.5) is 0 Å². The van der Waals surface area contributed by atoms with Gasteiger partial charge in [-0.25, -0.2) is 0 Å². The number of hydrogen-bond acceptors (Lipinski definition) is 6. The third-order valence-corrected chi connectivity index (χ3v) is 6.65. The minimum Gasteiger partial charge on any atom is -0.497 e. The van der Waals surface area contributed by atoms with E-state index >= 15 is 0 Å². The normalized spacial score (nSPS) is 12.0. The molecule has 0 atom stereocenters. The molecule has 6 rings (SSSR count). The highest BCUT2D eigenvalue weighted by Gasteiger charge is 2.20. The Labute approximate surface area is 199 Å². The molecule has 0 aliphatic carbocycles. The van der Waals surface area contributed by atoms with Crippen molar-refractivity contribution in [3.63, 3.8) is 0 Å². The van der Waals surface area contributed by atoms with Crippen LogP contribution in [0.2, 0.25) is 0 Å². The summed E-state index contributed by atoms with van der Waals surface area (Å²) in [6, 6.07) is 26.3. The predicted octanol–water partition coefficient (Wildman–Crippen LogP) is 6.50. The lowest BCUT2D eigenvalue weighted by atomic mass is 9.97. The number of ether oxygens (including phenoxy) is 1. The fourth-order valence-electron chi connectivity index (χ4n) is 4.06. The number of para-hydroxylation sites is 1. The molecule has 0 unspecified atom stereocenters. The van der Waals surface area contributed by atoms with Crippen molar-refractivity contribution < 1.29 is 9.15 Å². The summed E-state index contributed by atoms with van der Waals surface area (Å²) in [6.45, 7) is 2.03. The van der Waals surface area contributed by atoms with Crippen LogP contribution in [0.3, 0.4) is 0 Å². The number of fused-ring (bicyclic) bond motifs is 2. The second-order valence-electron chi connectivity index (χ2n) is 7.86. The summed E-state index contributed by atoms with van der Waals surface area (Å²) in [5.41, 5.74) is 5.10. The summed E-state index contributed by atoms with van der Waals surface area (Å²) in [5.74, 6) is 2.11. The van der Waals surface area contributed by atoms with Gasteiger partial charge in [0.15, 0.2) is 5.76 Å². The first-order chi connectivity index (χ1) is 16.7. The first kappa shape index (κ1) is 20.4. The summed E-state index contributed by atoms with van der Waals surface area (Å²) in [4.78, 5) is 0.711. The summed E-state index contributed by atoms with van der Waals surface area (Å²) < 4.78 is 13.2. The van der Waals surface area contributed by atoms with Crippen LogP contribution in [-0.2, 0) is 0 Å². The van der Waals surface area contributed by atoms with Gasteiger partial charge >= 0.3 is 0 Å². The van der Waals surface area contributed by atoms with Gasteiger partial charge in [0.1, 0.15) is 16.3 Å². The molecule has 3 aromatic carbocycles. The van der Waals surface area contributed by atoms with E-state index in [1.165, 1.54) is 11.3 Å². The van der Waals surface area contributed by atoms with Gasteiger partial charge in [0.25, 0.3) is 0 Å². The first-order valence-electron chi connectivity index (χ1n) is 10.8. The molecule has 3 heterocycles. The second kappa shape index (κ2) is 8.28. The fraction of sp³-hybridized carbons (Fsp3) is 0.0741. The SMILES string of the molecule is COc1ccc(/C(=C/c2nn3c(-c4oc5ccccc5c4C)nnc3s2)c2ccccc2)cc1. The summed E-state index contributed by atoms with van der Waals surface area (Å²) in [6.07, 6.45) is 2.09. The number of furan rings is 1. The number of rotatable bonds is 5. The Hall–Kier alpha value is -4.23. The smallest absolute Gasteiger partial charge is 0.235 e. The fourth-order valence-corrected chi connectivity index (χ4v) is 4.85. The van der Waals surface area contributed by atoms with Crippen molar-refractivity contribution in [2.24, 2.45) is 0 Å². The van der Waals surface area contributed by atoms with E-state index in [0.717, 1.165) is 44.0 Å². The molecule has 0 aliphatic heterocycles. The maximum absolute atomic E-state index is 6.12. The number of aromatic nitrogens is 4. The molecule has 0 N–H and O–H groups in total. The van der Waals surface area contributed by atoms with Crippen LogP contribution in [-0.4, -0.2) is 26.9 Å². The number of nitrogens with zero attached hydrogens (tertiary/aromatic N) is 4. The molecule has 7 heteroatoms. The van der Waals surface area contributed by atoms with Gasteiger partial charge in [-0.15, -0.1) is 10.2 Å². The molecule has 0 saturated heterocycles. The molecule has 0 spiro atoms. The first-order valence-corrected chi connectivity index (χ1v) is 11.7. The number of aryl methyl sites for hydroxylation is 1. The molecular weight excluding hydrogens is 444 g/mol. The van der Waals surface area contributed by atoms with E-state index in [1.54, 1.807) is 11.6 Å². The maximum atomic E-state index is 6.12. The van der Waals surface area contributed by atoms with Crippen LogP contribution in [0.15, 0.2) is 83.3 Å². The van der Waals surface area contributed by atoms with E-state index < -0.39 is 0 Å². The van der Waals surface area contributed by atoms with Crippen molar-refractivity contribution in [3.8, 4) is 17.3 Å². The zero-order valence-electron chi connectivity index (χ0n) is 18.6. The molecule has 3 aromatic heterocycles. The average molecular weight is 465 g/mol. The molecule has 0 fully saturated rings. The van der Waals surface area contributed by atoms with Crippen LogP contribution in [0, 0.1) is 6.92 Å². The lowest BCUT2D eigenvalue weighted by molar-refractivity contribution is 0.415. The second-order valence-corrected chi connectivity index (χ2v) is 8.85. The van der Waals surface area contributed by atoms with Crippen LogP contribution in [0.5, 0.6) is 5.75 Å². The molecule has 0 aliphatic rings. The summed E-state index contributed by atoms with van der Waals surface area (Å²) >= 11 is 1.49. The van der Waals surface area contributed by atoms with E-state index in [0.29, 0.717) is 16.5 Å². The van der Waals surface area contributed by atoms with Gasteiger partial charge in [-0.05, 0) is 47.9 Å². The lowest BCUT2D eigenvalue weighted by Gasteiger charge is -2.09. The van der Waals surface area contributed by atoms with Crippen molar-refractivity contribution in [2.45, 2.75) is 6.92 Å². The largest absolute Gasteiger partial charge is 0.497 e. The number of benzene rings is 3. The van der Waals surface area contributed by atoms with Gasteiger partial charge in [0.05, 0.1) is 7.11 Å². The number of hydrogen-bond donors (Lipinski definition) is 0. The monoisotopic (exact) mass is 464 g/mol. The van der Waals surface area contributed by atoms with E-state index in [2.05, 4.69) is 40.5 Å². The minimum atomic E-state index is 0.602. The average Bonchev–Trinajstić information content (AvgIpc) is 3.56. The van der Waals surface area contributed by atoms with Crippen LogP contribution < -0.4 is 4.74 Å². The van der Waals surface area contributed by atoms with E-state index in [4.69, 9.17) is 14.3 Å². The Morgan fingerprint density at radius 3 is 2.41 bits per heavy atom. The quantitative estimate of drug-likeness (QED) is 0.291. The molecule has 0 amide bonds. The minimum absolute atomic E-state index is 0.602. The van der Waals surface area contributed by atoms with Gasteiger partial charge in [0, 0.05) is 10.9 Å².